The number of aryl methyl sites for hydroxylation is 1. The van der Waals surface area contributed by atoms with Crippen molar-refractivity contribution in [2.24, 2.45) is 0 Å². The normalized spacial score (nSPS) is 19.7. The molecule has 1 heterocycles. The van der Waals surface area contributed by atoms with Gasteiger partial charge in [-0.3, -0.25) is 4.79 Å². The number of rotatable bonds is 2. The Hall–Kier alpha value is -1.35. The summed E-state index contributed by atoms with van der Waals surface area (Å²) in [6, 6.07) is 6.38. The predicted octanol–water partition coefficient (Wildman–Crippen LogP) is 1.74. The van der Waals surface area contributed by atoms with E-state index in [2.05, 4.69) is 5.32 Å². The van der Waals surface area contributed by atoms with E-state index < -0.39 is 0 Å². The Balaban J connectivity index is 2.18. The zero-order valence-electron chi connectivity index (χ0n) is 10.8. The van der Waals surface area contributed by atoms with Crippen molar-refractivity contribution < 1.29 is 4.79 Å². The largest absolute Gasteiger partial charge is 0.337 e. The van der Waals surface area contributed by atoms with Crippen LogP contribution in [0.15, 0.2) is 18.2 Å². The van der Waals surface area contributed by atoms with E-state index in [-0.39, 0.29) is 5.91 Å². The van der Waals surface area contributed by atoms with E-state index >= 15 is 0 Å². The van der Waals surface area contributed by atoms with Gasteiger partial charge in [0.1, 0.15) is 0 Å². The van der Waals surface area contributed by atoms with E-state index in [1.54, 1.807) is 0 Å². The number of likely N-dealkylation sites (N-methyl/N-ethyl adjacent to an activating group) is 1. The molecular formula is C14H20N2O. The molecule has 1 saturated heterocycles. The van der Waals surface area contributed by atoms with Gasteiger partial charge >= 0.3 is 0 Å². The number of nitrogens with one attached hydrogen (secondary N) is 1. The number of hydrogen-bond donors (Lipinski definition) is 1. The maximum absolute atomic E-state index is 12.4. The van der Waals surface area contributed by atoms with Crippen LogP contribution in [0.3, 0.4) is 0 Å². The molecule has 0 bridgehead atoms. The Morgan fingerprint density at radius 3 is 2.82 bits per heavy atom. The van der Waals surface area contributed by atoms with Crippen LogP contribution in [0.25, 0.3) is 0 Å². The molecule has 1 aromatic carbocycles. The lowest BCUT2D eigenvalue weighted by Crippen LogP contribution is -2.33. The standard InChI is InChI=1S/C14H20N2O/c1-10-5-4-6-13(11(10)2)14(17)16-8-7-12(9-16)15-3/h4-6,12,15H,7-9H2,1-3H3. The molecule has 1 atom stereocenters. The summed E-state index contributed by atoms with van der Waals surface area (Å²) < 4.78 is 0. The smallest absolute Gasteiger partial charge is 0.254 e. The zero-order valence-corrected chi connectivity index (χ0v) is 10.8. The van der Waals surface area contributed by atoms with Crippen molar-refractivity contribution in [3.05, 3.63) is 34.9 Å². The maximum atomic E-state index is 12.4. The first-order valence-electron chi connectivity index (χ1n) is 6.16. The van der Waals surface area contributed by atoms with Crippen molar-refractivity contribution in [2.75, 3.05) is 20.1 Å². The predicted molar refractivity (Wildman–Crippen MR) is 69.3 cm³/mol. The van der Waals surface area contributed by atoms with E-state index in [0.717, 1.165) is 30.6 Å². The molecule has 0 aromatic heterocycles. The van der Waals surface area contributed by atoms with E-state index in [1.165, 1.54) is 5.56 Å². The van der Waals surface area contributed by atoms with E-state index in [9.17, 15) is 4.79 Å². The lowest BCUT2D eigenvalue weighted by molar-refractivity contribution is 0.0789. The fraction of sp³-hybridized carbons (Fsp3) is 0.500. The van der Waals surface area contributed by atoms with Crippen LogP contribution in [0.1, 0.15) is 27.9 Å². The van der Waals surface area contributed by atoms with Crippen LogP contribution in [0.4, 0.5) is 0 Å². The molecule has 1 aliphatic rings. The lowest BCUT2D eigenvalue weighted by Gasteiger charge is -2.18. The second-order valence-electron chi connectivity index (χ2n) is 4.77. The average Bonchev–Trinajstić information content (AvgIpc) is 2.80. The van der Waals surface area contributed by atoms with Gasteiger partial charge in [-0.25, -0.2) is 0 Å². The fourth-order valence-electron chi connectivity index (χ4n) is 2.33. The van der Waals surface area contributed by atoms with Gasteiger partial charge in [0, 0.05) is 24.7 Å². The molecule has 0 spiro atoms. The molecule has 0 saturated carbocycles. The monoisotopic (exact) mass is 232 g/mol. The average molecular weight is 232 g/mol. The molecule has 1 N–H and O–H groups in total. The van der Waals surface area contributed by atoms with Crippen LogP contribution in [0.5, 0.6) is 0 Å². The van der Waals surface area contributed by atoms with Crippen molar-refractivity contribution in [2.45, 2.75) is 26.3 Å². The molecule has 17 heavy (non-hydrogen) atoms. The molecule has 0 aliphatic carbocycles. The molecule has 1 amide bonds. The van der Waals surface area contributed by atoms with E-state index in [0.29, 0.717) is 6.04 Å². The van der Waals surface area contributed by atoms with Crippen LogP contribution in [-0.4, -0.2) is 37.0 Å². The third-order valence-corrected chi connectivity index (χ3v) is 3.72. The Morgan fingerprint density at radius 2 is 2.18 bits per heavy atom. The Morgan fingerprint density at radius 1 is 1.41 bits per heavy atom. The number of likely N-dealkylation sites (tertiary alicyclic amines) is 1. The van der Waals surface area contributed by atoms with Crippen molar-refractivity contribution in [3.8, 4) is 0 Å². The van der Waals surface area contributed by atoms with Gasteiger partial charge in [-0.1, -0.05) is 12.1 Å². The minimum absolute atomic E-state index is 0.170. The molecule has 2 rings (SSSR count). The Labute approximate surface area is 103 Å². The summed E-state index contributed by atoms with van der Waals surface area (Å²) in [5, 5.41) is 3.23. The van der Waals surface area contributed by atoms with Gasteiger partial charge < -0.3 is 10.2 Å². The topological polar surface area (TPSA) is 32.3 Å². The minimum Gasteiger partial charge on any atom is -0.337 e. The van der Waals surface area contributed by atoms with Gasteiger partial charge in [-0.2, -0.15) is 0 Å². The maximum Gasteiger partial charge on any atom is 0.254 e. The molecule has 3 nitrogen and oxygen atoms in total. The highest BCUT2D eigenvalue weighted by atomic mass is 16.2. The second-order valence-corrected chi connectivity index (χ2v) is 4.77. The van der Waals surface area contributed by atoms with Gasteiger partial charge in [0.05, 0.1) is 0 Å². The summed E-state index contributed by atoms with van der Waals surface area (Å²) in [5.41, 5.74) is 3.13. The molecule has 1 aliphatic heterocycles. The zero-order chi connectivity index (χ0) is 12.4. The quantitative estimate of drug-likeness (QED) is 0.842. The fourth-order valence-corrected chi connectivity index (χ4v) is 2.33. The number of carbonyl (C=O) groups is 1. The number of nitrogens with zero attached hydrogens (tertiary/aromatic N) is 1. The van der Waals surface area contributed by atoms with Gasteiger partial charge in [0.2, 0.25) is 0 Å². The van der Waals surface area contributed by atoms with Crippen LogP contribution in [0.2, 0.25) is 0 Å². The molecule has 0 radical (unpaired) electrons. The highest BCUT2D eigenvalue weighted by molar-refractivity contribution is 5.96. The van der Waals surface area contributed by atoms with Crippen LogP contribution < -0.4 is 5.32 Å². The number of benzene rings is 1. The third kappa shape index (κ3) is 2.34. The van der Waals surface area contributed by atoms with Crippen LogP contribution in [-0.2, 0) is 0 Å². The number of amides is 1. The van der Waals surface area contributed by atoms with Crippen molar-refractivity contribution in [1.82, 2.24) is 10.2 Å². The number of carbonyl (C=O) groups excluding carboxylic acids is 1. The molecule has 1 unspecified atom stereocenters. The molecule has 1 fully saturated rings. The number of hydrogen-bond acceptors (Lipinski definition) is 2. The summed E-state index contributed by atoms with van der Waals surface area (Å²) in [7, 11) is 1.95. The SMILES string of the molecule is CNC1CCN(C(=O)c2cccc(C)c2C)C1. The van der Waals surface area contributed by atoms with E-state index in [1.807, 2.05) is 44.0 Å². The highest BCUT2D eigenvalue weighted by Gasteiger charge is 2.26. The van der Waals surface area contributed by atoms with Gasteiger partial charge in [0.25, 0.3) is 5.91 Å². The molecule has 92 valence electrons. The van der Waals surface area contributed by atoms with E-state index in [4.69, 9.17) is 0 Å². The molecule has 3 heteroatoms. The third-order valence-electron chi connectivity index (χ3n) is 3.72. The molecule has 1 aromatic rings. The van der Waals surface area contributed by atoms with Crippen molar-refractivity contribution in [1.29, 1.82) is 0 Å². The van der Waals surface area contributed by atoms with Gasteiger partial charge in [-0.15, -0.1) is 0 Å². The van der Waals surface area contributed by atoms with Gasteiger partial charge in [-0.05, 0) is 44.5 Å². The first-order chi connectivity index (χ1) is 8.13. The van der Waals surface area contributed by atoms with Crippen molar-refractivity contribution >= 4 is 5.91 Å². The summed E-state index contributed by atoms with van der Waals surface area (Å²) in [6.45, 7) is 5.75. The Kier molecular flexibility index (Phi) is 3.48. The highest BCUT2D eigenvalue weighted by Crippen LogP contribution is 2.18. The van der Waals surface area contributed by atoms with Crippen molar-refractivity contribution in [3.63, 3.8) is 0 Å². The van der Waals surface area contributed by atoms with Crippen LogP contribution >= 0.6 is 0 Å². The first-order valence-corrected chi connectivity index (χ1v) is 6.16. The second kappa shape index (κ2) is 4.88. The summed E-state index contributed by atoms with van der Waals surface area (Å²) in [6.07, 6.45) is 1.05. The van der Waals surface area contributed by atoms with Gasteiger partial charge in [0.15, 0.2) is 0 Å². The summed E-state index contributed by atoms with van der Waals surface area (Å²) in [5.74, 6) is 0.170. The summed E-state index contributed by atoms with van der Waals surface area (Å²) in [4.78, 5) is 14.3. The lowest BCUT2D eigenvalue weighted by atomic mass is 10.0. The van der Waals surface area contributed by atoms with Crippen LogP contribution in [0, 0.1) is 13.8 Å². The first kappa shape index (κ1) is 12.1. The molecular weight excluding hydrogens is 212 g/mol. The minimum atomic E-state index is 0.170. The summed E-state index contributed by atoms with van der Waals surface area (Å²) >= 11 is 0. The Bertz CT molecular complexity index is 428.